The molecule has 1 fully saturated rings. The van der Waals surface area contributed by atoms with E-state index in [0.717, 1.165) is 29.4 Å². The SMILES string of the molecule is CCOC(=O)c1c(-c2ccc(C(=O)Nc3cc(C(F)(F)F)ccn3)cc2)nc([C@@H]2CCCCN2C(=O)O)n1N. The summed E-state index contributed by atoms with van der Waals surface area (Å²) in [5.74, 6) is 4.69. The predicted octanol–water partition coefficient (Wildman–Crippen LogP) is 4.31. The molecular formula is C25H25F3N6O5. The molecule has 0 bridgehead atoms. The number of carbonyl (C=O) groups excluding carboxylic acids is 2. The van der Waals surface area contributed by atoms with Crippen LogP contribution in [-0.2, 0) is 10.9 Å². The molecule has 4 rings (SSSR count). The number of anilines is 1. The van der Waals surface area contributed by atoms with Gasteiger partial charge in [-0.2, -0.15) is 13.2 Å². The van der Waals surface area contributed by atoms with E-state index in [9.17, 15) is 32.7 Å². The number of rotatable bonds is 6. The molecule has 0 radical (unpaired) electrons. The number of imidazole rings is 1. The van der Waals surface area contributed by atoms with Crippen LogP contribution in [0.1, 0.15) is 64.5 Å². The maximum Gasteiger partial charge on any atom is 0.416 e. The van der Waals surface area contributed by atoms with Crippen LogP contribution in [0.2, 0.25) is 0 Å². The second-order valence-corrected chi connectivity index (χ2v) is 8.70. The summed E-state index contributed by atoms with van der Waals surface area (Å²) in [5.41, 5.74) is -0.425. The number of nitrogen functional groups attached to an aromatic ring is 1. The number of hydrogen-bond acceptors (Lipinski definition) is 7. The molecule has 2 aromatic heterocycles. The van der Waals surface area contributed by atoms with Crippen molar-refractivity contribution in [2.45, 2.75) is 38.4 Å². The quantitative estimate of drug-likeness (QED) is 0.305. The molecule has 206 valence electrons. The number of nitrogens with zero attached hydrogens (tertiary/aromatic N) is 4. The van der Waals surface area contributed by atoms with Crippen LogP contribution in [0, 0.1) is 0 Å². The van der Waals surface area contributed by atoms with Crippen LogP contribution >= 0.6 is 0 Å². The van der Waals surface area contributed by atoms with Gasteiger partial charge in [-0.1, -0.05) is 12.1 Å². The standard InChI is InChI=1S/C25H25F3N6O5/c1-2-39-23(36)20-19(32-21(34(20)29)17-5-3-4-12-33(17)24(37)38)14-6-8-15(9-7-14)22(35)31-18-13-16(10-11-30-18)25(26,27)28/h6-11,13,17H,2-5,12,29H2,1H3,(H,37,38)(H,30,31,35)/t17-/m0/s1. The van der Waals surface area contributed by atoms with E-state index in [4.69, 9.17) is 10.6 Å². The molecule has 3 heterocycles. The van der Waals surface area contributed by atoms with E-state index in [-0.39, 0.29) is 35.2 Å². The summed E-state index contributed by atoms with van der Waals surface area (Å²) < 4.78 is 45.1. The third kappa shape index (κ3) is 5.78. The Morgan fingerprint density at radius 1 is 1.18 bits per heavy atom. The molecule has 1 aliphatic rings. The number of alkyl halides is 3. The zero-order valence-electron chi connectivity index (χ0n) is 20.7. The summed E-state index contributed by atoms with van der Waals surface area (Å²) in [7, 11) is 0. The number of benzene rings is 1. The number of likely N-dealkylation sites (tertiary alicyclic amines) is 1. The lowest BCUT2D eigenvalue weighted by molar-refractivity contribution is -0.137. The first-order chi connectivity index (χ1) is 18.5. The van der Waals surface area contributed by atoms with Gasteiger partial charge in [-0.3, -0.25) is 9.69 Å². The van der Waals surface area contributed by atoms with E-state index >= 15 is 0 Å². The van der Waals surface area contributed by atoms with Gasteiger partial charge in [0.25, 0.3) is 5.91 Å². The number of amides is 2. The van der Waals surface area contributed by atoms with Crippen molar-refractivity contribution in [1.29, 1.82) is 0 Å². The van der Waals surface area contributed by atoms with Crippen LogP contribution in [0.25, 0.3) is 11.3 Å². The summed E-state index contributed by atoms with van der Waals surface area (Å²) >= 11 is 0. The fourth-order valence-electron chi connectivity index (χ4n) is 4.35. The fourth-order valence-corrected chi connectivity index (χ4v) is 4.35. The van der Waals surface area contributed by atoms with Crippen LogP contribution in [-0.4, -0.2) is 55.8 Å². The first-order valence-corrected chi connectivity index (χ1v) is 12.0. The Balaban J connectivity index is 1.65. The molecule has 1 atom stereocenters. The molecular weight excluding hydrogens is 521 g/mol. The number of aromatic nitrogens is 3. The molecule has 0 spiro atoms. The highest BCUT2D eigenvalue weighted by Gasteiger charge is 2.35. The van der Waals surface area contributed by atoms with E-state index in [1.807, 2.05) is 0 Å². The number of piperidine rings is 1. The fraction of sp³-hybridized carbons (Fsp3) is 0.320. The van der Waals surface area contributed by atoms with Gasteiger partial charge in [0, 0.05) is 23.9 Å². The van der Waals surface area contributed by atoms with Gasteiger partial charge in [-0.05, 0) is 50.5 Å². The molecule has 0 unspecified atom stereocenters. The Hall–Kier alpha value is -4.62. The number of nitrogens with one attached hydrogen (secondary N) is 1. The van der Waals surface area contributed by atoms with Crippen molar-refractivity contribution in [3.8, 4) is 11.3 Å². The highest BCUT2D eigenvalue weighted by Crippen LogP contribution is 2.34. The molecule has 1 aromatic carbocycles. The van der Waals surface area contributed by atoms with Crippen molar-refractivity contribution in [3.05, 3.63) is 65.2 Å². The van der Waals surface area contributed by atoms with Gasteiger partial charge in [0.2, 0.25) is 0 Å². The molecule has 0 aliphatic carbocycles. The zero-order valence-corrected chi connectivity index (χ0v) is 20.7. The van der Waals surface area contributed by atoms with E-state index in [0.29, 0.717) is 24.9 Å². The Bertz CT molecular complexity index is 1390. The van der Waals surface area contributed by atoms with Gasteiger partial charge in [-0.25, -0.2) is 24.2 Å². The molecule has 4 N–H and O–H groups in total. The van der Waals surface area contributed by atoms with Crippen LogP contribution < -0.4 is 11.2 Å². The summed E-state index contributed by atoms with van der Waals surface area (Å²) in [6.07, 6.45) is -2.89. The maximum atomic E-state index is 13.0. The number of carboxylic acid groups (broad SMARTS) is 1. The number of pyridine rings is 1. The van der Waals surface area contributed by atoms with E-state index < -0.39 is 35.8 Å². The number of nitrogens with two attached hydrogens (primary N) is 1. The van der Waals surface area contributed by atoms with Gasteiger partial charge in [0.1, 0.15) is 11.5 Å². The Morgan fingerprint density at radius 3 is 2.54 bits per heavy atom. The second kappa shape index (κ2) is 11.0. The molecule has 1 aliphatic heterocycles. The normalized spacial score (nSPS) is 15.6. The molecule has 14 heteroatoms. The Kier molecular flexibility index (Phi) is 7.74. The minimum Gasteiger partial charge on any atom is -0.465 e. The summed E-state index contributed by atoms with van der Waals surface area (Å²) in [6, 6.07) is 6.60. The lowest BCUT2D eigenvalue weighted by Gasteiger charge is -2.32. The summed E-state index contributed by atoms with van der Waals surface area (Å²) in [4.78, 5) is 46.8. The second-order valence-electron chi connectivity index (χ2n) is 8.70. The Labute approximate surface area is 220 Å². The minimum atomic E-state index is -4.59. The minimum absolute atomic E-state index is 0.0617. The highest BCUT2D eigenvalue weighted by atomic mass is 19.4. The molecule has 39 heavy (non-hydrogen) atoms. The van der Waals surface area contributed by atoms with Crippen molar-refractivity contribution < 1.29 is 37.4 Å². The van der Waals surface area contributed by atoms with Crippen LogP contribution in [0.4, 0.5) is 23.8 Å². The lowest BCUT2D eigenvalue weighted by atomic mass is 10.0. The Morgan fingerprint density at radius 2 is 1.90 bits per heavy atom. The van der Waals surface area contributed by atoms with E-state index in [1.165, 1.54) is 29.2 Å². The van der Waals surface area contributed by atoms with Crippen molar-refractivity contribution in [1.82, 2.24) is 19.5 Å². The van der Waals surface area contributed by atoms with Crippen LogP contribution in [0.5, 0.6) is 0 Å². The number of halogens is 3. The number of hydrogen-bond donors (Lipinski definition) is 3. The van der Waals surface area contributed by atoms with Crippen LogP contribution in [0.3, 0.4) is 0 Å². The average Bonchev–Trinajstić information content (AvgIpc) is 3.25. The van der Waals surface area contributed by atoms with E-state index in [2.05, 4.69) is 15.3 Å². The largest absolute Gasteiger partial charge is 0.465 e. The molecule has 1 saturated heterocycles. The van der Waals surface area contributed by atoms with Crippen LogP contribution in [0.15, 0.2) is 42.6 Å². The topological polar surface area (TPSA) is 153 Å². The van der Waals surface area contributed by atoms with Gasteiger partial charge in [-0.15, -0.1) is 0 Å². The molecule has 0 saturated carbocycles. The van der Waals surface area contributed by atoms with Gasteiger partial charge in [0.15, 0.2) is 11.5 Å². The number of ether oxygens (including phenoxy) is 1. The van der Waals surface area contributed by atoms with Gasteiger partial charge < -0.3 is 21.0 Å². The summed E-state index contributed by atoms with van der Waals surface area (Å²) in [6.45, 7) is 1.98. The third-order valence-electron chi connectivity index (χ3n) is 6.20. The molecule has 11 nitrogen and oxygen atoms in total. The molecule has 3 aromatic rings. The van der Waals surface area contributed by atoms with Crippen molar-refractivity contribution >= 4 is 23.8 Å². The maximum absolute atomic E-state index is 13.0. The van der Waals surface area contributed by atoms with E-state index in [1.54, 1.807) is 6.92 Å². The number of esters is 1. The molecule has 2 amide bonds. The van der Waals surface area contributed by atoms with Gasteiger partial charge in [0.05, 0.1) is 18.2 Å². The first kappa shape index (κ1) is 27.4. The average molecular weight is 547 g/mol. The predicted molar refractivity (Wildman–Crippen MR) is 132 cm³/mol. The van der Waals surface area contributed by atoms with Crippen molar-refractivity contribution in [2.24, 2.45) is 0 Å². The smallest absolute Gasteiger partial charge is 0.416 e. The third-order valence-corrected chi connectivity index (χ3v) is 6.20. The van der Waals surface area contributed by atoms with Crippen molar-refractivity contribution in [2.75, 3.05) is 24.3 Å². The number of carbonyl (C=O) groups is 3. The highest BCUT2D eigenvalue weighted by molar-refractivity contribution is 6.04. The van der Waals surface area contributed by atoms with Crippen molar-refractivity contribution in [3.63, 3.8) is 0 Å². The van der Waals surface area contributed by atoms with Gasteiger partial charge >= 0.3 is 18.2 Å². The lowest BCUT2D eigenvalue weighted by Crippen LogP contribution is -2.39. The monoisotopic (exact) mass is 546 g/mol. The summed E-state index contributed by atoms with van der Waals surface area (Å²) in [5, 5.41) is 12.0. The first-order valence-electron chi connectivity index (χ1n) is 12.0. The zero-order chi connectivity index (χ0) is 28.3.